The summed E-state index contributed by atoms with van der Waals surface area (Å²) in [6.45, 7) is 9.60. The normalized spacial score (nSPS) is 13.9. The summed E-state index contributed by atoms with van der Waals surface area (Å²) in [5.41, 5.74) is 17.3. The second-order valence-electron chi connectivity index (χ2n) is 18.1. The lowest BCUT2D eigenvalue weighted by Crippen LogP contribution is -2.34. The molecular formula is C60H52N2. The van der Waals surface area contributed by atoms with E-state index in [1.807, 2.05) is 0 Å². The van der Waals surface area contributed by atoms with Crippen LogP contribution in [-0.2, 0) is 10.8 Å². The number of fused-ring (bicyclic) bond motifs is 2. The van der Waals surface area contributed by atoms with Crippen LogP contribution in [0.25, 0.3) is 44.2 Å². The van der Waals surface area contributed by atoms with Gasteiger partial charge in [-0.15, -0.1) is 0 Å². The Labute approximate surface area is 367 Å². The molecule has 1 aliphatic carbocycles. The predicted octanol–water partition coefficient (Wildman–Crippen LogP) is 17.1. The van der Waals surface area contributed by atoms with E-state index in [0.717, 1.165) is 28.4 Å². The molecule has 0 unspecified atom stereocenters. The van der Waals surface area contributed by atoms with Gasteiger partial charge in [0.25, 0.3) is 0 Å². The van der Waals surface area contributed by atoms with Crippen molar-refractivity contribution in [3.63, 3.8) is 0 Å². The number of nitrogens with zero attached hydrogens (tertiary/aromatic N) is 2. The van der Waals surface area contributed by atoms with Gasteiger partial charge in [0, 0.05) is 34.1 Å². The molecule has 2 nitrogen and oxygen atoms in total. The highest BCUT2D eigenvalue weighted by Crippen LogP contribution is 2.48. The first-order chi connectivity index (χ1) is 30.2. The first-order valence-corrected chi connectivity index (χ1v) is 22.0. The third-order valence-corrected chi connectivity index (χ3v) is 13.1. The SMILES string of the molecule is CC1(C)CCC(C)(C)c2cc(N(c3ccccc3)c3ccc(-c4ccc(N(c5ccccc5)c5cccc(-c6cccc7cccc(-c8ccccc8)c67)c5)cc4)cc3)ccc21. The van der Waals surface area contributed by atoms with E-state index in [0.29, 0.717) is 0 Å². The van der Waals surface area contributed by atoms with Gasteiger partial charge in [-0.05, 0) is 152 Å². The smallest absolute Gasteiger partial charge is 0.0467 e. The molecule has 0 spiro atoms. The van der Waals surface area contributed by atoms with E-state index in [9.17, 15) is 0 Å². The third-order valence-electron chi connectivity index (χ3n) is 13.1. The number of rotatable bonds is 9. The Morgan fingerprint density at radius 2 is 0.710 bits per heavy atom. The predicted molar refractivity (Wildman–Crippen MR) is 265 cm³/mol. The molecule has 0 aliphatic heterocycles. The number of para-hydroxylation sites is 2. The van der Waals surface area contributed by atoms with Crippen LogP contribution in [0.2, 0.25) is 0 Å². The highest BCUT2D eigenvalue weighted by Gasteiger charge is 2.37. The molecule has 0 saturated carbocycles. The largest absolute Gasteiger partial charge is 0.310 e. The molecule has 0 N–H and O–H groups in total. The molecule has 0 bridgehead atoms. The number of hydrogen-bond donors (Lipinski definition) is 0. The molecule has 62 heavy (non-hydrogen) atoms. The maximum atomic E-state index is 2.45. The van der Waals surface area contributed by atoms with Crippen molar-refractivity contribution >= 4 is 44.9 Å². The average molecular weight is 801 g/mol. The van der Waals surface area contributed by atoms with E-state index in [1.54, 1.807) is 0 Å². The van der Waals surface area contributed by atoms with Gasteiger partial charge in [-0.1, -0.05) is 173 Å². The Hall–Kier alpha value is -7.16. The standard InChI is InChI=1S/C60H52N2/c1-59(2)39-40-60(3,4)57-42-53(37-38-56(57)59)62(49-24-12-7-13-25-49)51-35-31-44(32-36-51)43-29-33-50(34-30-43)61(48-22-10-6-11-23-48)52-26-14-21-47(41-52)55-28-16-20-46-19-15-27-54(58(46)55)45-17-8-5-9-18-45/h5-38,41-42H,39-40H2,1-4H3. The third kappa shape index (κ3) is 7.37. The molecule has 0 fully saturated rings. The van der Waals surface area contributed by atoms with Crippen molar-refractivity contribution in [2.45, 2.75) is 51.4 Å². The maximum absolute atomic E-state index is 2.45. The molecule has 0 saturated heterocycles. The summed E-state index contributed by atoms with van der Waals surface area (Å²) in [6, 6.07) is 79.6. The molecule has 9 aromatic rings. The van der Waals surface area contributed by atoms with Crippen LogP contribution in [-0.4, -0.2) is 0 Å². The van der Waals surface area contributed by atoms with Crippen molar-refractivity contribution in [2.24, 2.45) is 0 Å². The van der Waals surface area contributed by atoms with Gasteiger partial charge in [-0.25, -0.2) is 0 Å². The van der Waals surface area contributed by atoms with Gasteiger partial charge in [0.05, 0.1) is 0 Å². The van der Waals surface area contributed by atoms with Crippen LogP contribution < -0.4 is 9.80 Å². The Morgan fingerprint density at radius 3 is 1.26 bits per heavy atom. The molecule has 9 aromatic carbocycles. The summed E-state index contributed by atoms with van der Waals surface area (Å²) in [4.78, 5) is 4.76. The zero-order valence-corrected chi connectivity index (χ0v) is 36.1. The molecule has 0 atom stereocenters. The van der Waals surface area contributed by atoms with Gasteiger partial charge < -0.3 is 9.80 Å². The van der Waals surface area contributed by atoms with Gasteiger partial charge >= 0.3 is 0 Å². The fraction of sp³-hybridized carbons (Fsp3) is 0.133. The van der Waals surface area contributed by atoms with E-state index < -0.39 is 0 Å². The van der Waals surface area contributed by atoms with E-state index in [2.05, 4.69) is 256 Å². The molecule has 10 rings (SSSR count). The fourth-order valence-corrected chi connectivity index (χ4v) is 9.62. The Kier molecular flexibility index (Phi) is 10.1. The average Bonchev–Trinajstić information content (AvgIpc) is 3.32. The monoisotopic (exact) mass is 800 g/mol. The van der Waals surface area contributed by atoms with Gasteiger partial charge in [0.15, 0.2) is 0 Å². The molecular weight excluding hydrogens is 749 g/mol. The van der Waals surface area contributed by atoms with Gasteiger partial charge in [-0.2, -0.15) is 0 Å². The van der Waals surface area contributed by atoms with Crippen molar-refractivity contribution in [1.29, 1.82) is 0 Å². The zero-order valence-electron chi connectivity index (χ0n) is 36.1. The summed E-state index contributed by atoms with van der Waals surface area (Å²) in [7, 11) is 0. The zero-order chi connectivity index (χ0) is 42.3. The van der Waals surface area contributed by atoms with Gasteiger partial charge in [0.2, 0.25) is 0 Å². The van der Waals surface area contributed by atoms with Crippen LogP contribution in [0.15, 0.2) is 218 Å². The van der Waals surface area contributed by atoms with Crippen LogP contribution >= 0.6 is 0 Å². The minimum absolute atomic E-state index is 0.126. The molecule has 302 valence electrons. The maximum Gasteiger partial charge on any atom is 0.0467 e. The summed E-state index contributed by atoms with van der Waals surface area (Å²) in [6.07, 6.45) is 2.39. The lowest BCUT2D eigenvalue weighted by molar-refractivity contribution is 0.332. The van der Waals surface area contributed by atoms with Crippen molar-refractivity contribution < 1.29 is 0 Å². The van der Waals surface area contributed by atoms with Crippen LogP contribution in [0.4, 0.5) is 34.1 Å². The topological polar surface area (TPSA) is 6.48 Å². The number of anilines is 6. The lowest BCUT2D eigenvalue weighted by Gasteiger charge is -2.42. The summed E-state index contributed by atoms with van der Waals surface area (Å²) < 4.78 is 0. The van der Waals surface area contributed by atoms with Gasteiger partial charge in [0.1, 0.15) is 0 Å². The highest BCUT2D eigenvalue weighted by molar-refractivity contribution is 6.06. The molecule has 0 radical (unpaired) electrons. The summed E-state index contributed by atoms with van der Waals surface area (Å²) in [5, 5.41) is 2.50. The molecule has 0 amide bonds. The second kappa shape index (κ2) is 16.0. The molecule has 1 aliphatic rings. The Morgan fingerprint density at radius 1 is 0.306 bits per heavy atom. The molecule has 0 heterocycles. The summed E-state index contributed by atoms with van der Waals surface area (Å²) >= 11 is 0. The van der Waals surface area contributed by atoms with E-state index >= 15 is 0 Å². The molecule has 2 heteroatoms. The van der Waals surface area contributed by atoms with Crippen molar-refractivity contribution in [2.75, 3.05) is 9.80 Å². The van der Waals surface area contributed by atoms with E-state index in [4.69, 9.17) is 0 Å². The van der Waals surface area contributed by atoms with Crippen LogP contribution in [0.1, 0.15) is 51.7 Å². The minimum Gasteiger partial charge on any atom is -0.310 e. The van der Waals surface area contributed by atoms with Crippen molar-refractivity contribution in [3.05, 3.63) is 230 Å². The van der Waals surface area contributed by atoms with E-state index in [-0.39, 0.29) is 10.8 Å². The van der Waals surface area contributed by atoms with Crippen molar-refractivity contribution in [3.8, 4) is 33.4 Å². The molecule has 0 aromatic heterocycles. The number of hydrogen-bond acceptors (Lipinski definition) is 2. The number of benzene rings is 9. The van der Waals surface area contributed by atoms with Crippen LogP contribution in [0.3, 0.4) is 0 Å². The van der Waals surface area contributed by atoms with Gasteiger partial charge in [-0.3, -0.25) is 0 Å². The Bertz CT molecular complexity index is 2980. The minimum atomic E-state index is 0.126. The fourth-order valence-electron chi connectivity index (χ4n) is 9.62. The first kappa shape index (κ1) is 39.0. The van der Waals surface area contributed by atoms with Crippen molar-refractivity contribution in [1.82, 2.24) is 0 Å². The van der Waals surface area contributed by atoms with Crippen LogP contribution in [0.5, 0.6) is 0 Å². The summed E-state index contributed by atoms with van der Waals surface area (Å²) in [5.74, 6) is 0. The lowest BCUT2D eigenvalue weighted by atomic mass is 9.63. The quantitative estimate of drug-likeness (QED) is 0.143. The van der Waals surface area contributed by atoms with E-state index in [1.165, 1.54) is 73.8 Å². The second-order valence-corrected chi connectivity index (χ2v) is 18.1. The van der Waals surface area contributed by atoms with Crippen LogP contribution in [0, 0.1) is 0 Å². The Balaban J connectivity index is 0.990. The first-order valence-electron chi connectivity index (χ1n) is 22.0. The highest BCUT2D eigenvalue weighted by atomic mass is 15.1.